The Morgan fingerprint density at radius 3 is 2.75 bits per heavy atom. The number of aromatic nitrogens is 4. The van der Waals surface area contributed by atoms with Gasteiger partial charge in [-0.15, -0.1) is 21.5 Å². The van der Waals surface area contributed by atoms with E-state index in [0.717, 1.165) is 16.0 Å². The summed E-state index contributed by atoms with van der Waals surface area (Å²) in [5.74, 6) is 0.115. The minimum Gasteiger partial charge on any atom is -0.477 e. The van der Waals surface area contributed by atoms with Crippen LogP contribution >= 0.6 is 11.3 Å². The van der Waals surface area contributed by atoms with Crippen LogP contribution in [0, 0.1) is 0 Å². The van der Waals surface area contributed by atoms with Crippen molar-refractivity contribution in [3.05, 3.63) is 70.9 Å². The van der Waals surface area contributed by atoms with E-state index >= 15 is 0 Å². The van der Waals surface area contributed by atoms with Gasteiger partial charge in [-0.25, -0.2) is 9.78 Å². The van der Waals surface area contributed by atoms with Gasteiger partial charge in [0.2, 0.25) is 0 Å². The van der Waals surface area contributed by atoms with Crippen LogP contribution in [0.5, 0.6) is 0 Å². The van der Waals surface area contributed by atoms with E-state index in [0.29, 0.717) is 29.4 Å². The van der Waals surface area contributed by atoms with Crippen molar-refractivity contribution in [2.45, 2.75) is 26.4 Å². The number of carboxylic acid groups (broad SMARTS) is 1. The molecule has 0 saturated heterocycles. The predicted octanol–water partition coefficient (Wildman–Crippen LogP) is 4.51. The first kappa shape index (κ1) is 20.1. The molecule has 4 aromatic rings. The van der Waals surface area contributed by atoms with E-state index in [-0.39, 0.29) is 16.8 Å². The number of aromatic carboxylic acids is 1. The van der Waals surface area contributed by atoms with E-state index in [2.05, 4.69) is 10.2 Å². The molecule has 160 valence electrons. The van der Waals surface area contributed by atoms with Gasteiger partial charge < -0.3 is 9.67 Å². The largest absolute Gasteiger partial charge is 0.477 e. The lowest BCUT2D eigenvalue weighted by atomic mass is 10.1. The highest BCUT2D eigenvalue weighted by atomic mass is 32.1. The molecule has 9 heteroatoms. The summed E-state index contributed by atoms with van der Waals surface area (Å²) >= 11 is 1.19. The van der Waals surface area contributed by atoms with Crippen LogP contribution in [0.3, 0.4) is 0 Å². The van der Waals surface area contributed by atoms with Gasteiger partial charge in [0.05, 0.1) is 6.54 Å². The van der Waals surface area contributed by atoms with Crippen LogP contribution < -0.4 is 4.90 Å². The van der Waals surface area contributed by atoms with E-state index in [4.69, 9.17) is 4.98 Å². The molecule has 4 heterocycles. The first-order chi connectivity index (χ1) is 15.4. The molecule has 1 N–H and O–H groups in total. The number of fused-ring (bicyclic) bond motifs is 1. The molecule has 0 aliphatic carbocycles. The summed E-state index contributed by atoms with van der Waals surface area (Å²) in [6.45, 7) is 4.51. The third-order valence-corrected chi connectivity index (χ3v) is 6.51. The molecule has 1 aromatic carbocycles. The highest BCUT2D eigenvalue weighted by molar-refractivity contribution is 7.17. The summed E-state index contributed by atoms with van der Waals surface area (Å²) in [6, 6.07) is 14.7. The van der Waals surface area contributed by atoms with E-state index < -0.39 is 5.97 Å². The normalized spacial score (nSPS) is 13.1. The Morgan fingerprint density at radius 1 is 1.16 bits per heavy atom. The first-order valence-corrected chi connectivity index (χ1v) is 10.9. The van der Waals surface area contributed by atoms with Crippen LogP contribution in [0.4, 0.5) is 5.82 Å². The SMILES string of the molecule is CC(C)n1cnnc1-c1cccc(N2Cc3ccc(-c4ccc(C(=O)O)s4)cc3C2=O)n1. The Labute approximate surface area is 187 Å². The van der Waals surface area contributed by atoms with E-state index in [1.807, 2.05) is 54.8 Å². The zero-order valence-corrected chi connectivity index (χ0v) is 18.2. The maximum Gasteiger partial charge on any atom is 0.345 e. The molecule has 32 heavy (non-hydrogen) atoms. The number of benzene rings is 1. The van der Waals surface area contributed by atoms with Crippen molar-refractivity contribution in [1.29, 1.82) is 0 Å². The fraction of sp³-hybridized carbons (Fsp3) is 0.174. The highest BCUT2D eigenvalue weighted by Crippen LogP contribution is 2.34. The number of carbonyl (C=O) groups is 2. The summed E-state index contributed by atoms with van der Waals surface area (Å²) in [7, 11) is 0. The number of hydrogen-bond donors (Lipinski definition) is 1. The third kappa shape index (κ3) is 3.36. The quantitative estimate of drug-likeness (QED) is 0.485. The molecule has 1 aliphatic rings. The van der Waals surface area contributed by atoms with Crippen LogP contribution in [0.1, 0.15) is 45.5 Å². The molecule has 8 nitrogen and oxygen atoms in total. The number of thiophene rings is 1. The molecule has 0 unspecified atom stereocenters. The Kier molecular flexibility index (Phi) is 4.82. The number of anilines is 1. The number of pyridine rings is 1. The van der Waals surface area contributed by atoms with Gasteiger partial charge in [-0.1, -0.05) is 18.2 Å². The molecule has 1 amide bonds. The van der Waals surface area contributed by atoms with E-state index in [1.165, 1.54) is 11.3 Å². The molecule has 5 rings (SSSR count). The fourth-order valence-electron chi connectivity index (χ4n) is 3.75. The second-order valence-corrected chi connectivity index (χ2v) is 8.85. The second kappa shape index (κ2) is 7.69. The zero-order valence-electron chi connectivity index (χ0n) is 17.4. The average molecular weight is 446 g/mol. The van der Waals surface area contributed by atoms with Gasteiger partial charge in [0, 0.05) is 16.5 Å². The van der Waals surface area contributed by atoms with Crippen LogP contribution in [0.2, 0.25) is 0 Å². The lowest BCUT2D eigenvalue weighted by Gasteiger charge is -2.16. The number of carbonyl (C=O) groups excluding carboxylic acids is 1. The summed E-state index contributed by atoms with van der Waals surface area (Å²) in [5.41, 5.74) is 2.98. The predicted molar refractivity (Wildman–Crippen MR) is 121 cm³/mol. The van der Waals surface area contributed by atoms with Crippen molar-refractivity contribution >= 4 is 29.0 Å². The van der Waals surface area contributed by atoms with Gasteiger partial charge in [0.15, 0.2) is 5.82 Å². The Balaban J connectivity index is 1.46. The van der Waals surface area contributed by atoms with Crippen molar-refractivity contribution in [1.82, 2.24) is 19.7 Å². The second-order valence-electron chi connectivity index (χ2n) is 7.77. The van der Waals surface area contributed by atoms with Gasteiger partial charge in [-0.3, -0.25) is 9.69 Å². The van der Waals surface area contributed by atoms with Crippen LogP contribution in [0.15, 0.2) is 54.9 Å². The molecule has 0 fully saturated rings. The van der Waals surface area contributed by atoms with Crippen LogP contribution in [-0.4, -0.2) is 36.7 Å². The third-order valence-electron chi connectivity index (χ3n) is 5.38. The molecule has 0 bridgehead atoms. The van der Waals surface area contributed by atoms with Gasteiger partial charge in [0.25, 0.3) is 5.91 Å². The van der Waals surface area contributed by atoms with Crippen molar-refractivity contribution in [3.63, 3.8) is 0 Å². The Bertz CT molecular complexity index is 1360. The zero-order chi connectivity index (χ0) is 22.4. The molecular formula is C23H19N5O3S. The average Bonchev–Trinajstić information content (AvgIpc) is 3.52. The fourth-order valence-corrected chi connectivity index (χ4v) is 4.59. The number of hydrogen-bond acceptors (Lipinski definition) is 6. The minimum absolute atomic E-state index is 0.133. The lowest BCUT2D eigenvalue weighted by molar-refractivity contribution is 0.0702. The van der Waals surface area contributed by atoms with Crippen molar-refractivity contribution in [2.24, 2.45) is 0 Å². The Morgan fingerprint density at radius 2 is 2.00 bits per heavy atom. The van der Waals surface area contributed by atoms with Gasteiger partial charge >= 0.3 is 5.97 Å². The number of nitrogens with zero attached hydrogens (tertiary/aromatic N) is 5. The maximum atomic E-state index is 13.2. The van der Waals surface area contributed by atoms with Crippen molar-refractivity contribution < 1.29 is 14.7 Å². The molecule has 0 spiro atoms. The smallest absolute Gasteiger partial charge is 0.345 e. The number of carboxylic acids is 1. The summed E-state index contributed by atoms with van der Waals surface area (Å²) in [6.07, 6.45) is 1.67. The first-order valence-electron chi connectivity index (χ1n) is 10.1. The van der Waals surface area contributed by atoms with Gasteiger partial charge in [-0.2, -0.15) is 0 Å². The minimum atomic E-state index is -0.955. The monoisotopic (exact) mass is 445 g/mol. The Hall–Kier alpha value is -3.85. The van der Waals surface area contributed by atoms with Gasteiger partial charge in [-0.05, 0) is 55.3 Å². The summed E-state index contributed by atoms with van der Waals surface area (Å²) in [5, 5.41) is 17.4. The summed E-state index contributed by atoms with van der Waals surface area (Å²) < 4.78 is 1.94. The standard InChI is InChI=1S/C23H19N5O3S/c1-13(2)28-12-24-26-21(28)17-4-3-5-20(25-17)27-11-15-7-6-14(10-16(15)22(27)29)18-8-9-19(32-18)23(30)31/h3-10,12-13H,11H2,1-2H3,(H,30,31). The molecule has 0 saturated carbocycles. The van der Waals surface area contributed by atoms with Crippen LogP contribution in [0.25, 0.3) is 22.0 Å². The summed E-state index contributed by atoms with van der Waals surface area (Å²) in [4.78, 5) is 31.8. The highest BCUT2D eigenvalue weighted by Gasteiger charge is 2.30. The lowest BCUT2D eigenvalue weighted by Crippen LogP contribution is -2.24. The molecule has 3 aromatic heterocycles. The topological polar surface area (TPSA) is 101 Å². The molecular weight excluding hydrogens is 426 g/mol. The van der Waals surface area contributed by atoms with E-state index in [1.54, 1.807) is 23.4 Å². The maximum absolute atomic E-state index is 13.2. The van der Waals surface area contributed by atoms with Crippen LogP contribution in [-0.2, 0) is 6.54 Å². The molecule has 1 aliphatic heterocycles. The van der Waals surface area contributed by atoms with Crippen molar-refractivity contribution in [3.8, 4) is 22.0 Å². The van der Waals surface area contributed by atoms with Gasteiger partial charge in [0.1, 0.15) is 22.7 Å². The molecule has 0 radical (unpaired) electrons. The number of amides is 1. The van der Waals surface area contributed by atoms with E-state index in [9.17, 15) is 14.7 Å². The number of rotatable bonds is 5. The molecule has 0 atom stereocenters. The van der Waals surface area contributed by atoms with Crippen molar-refractivity contribution in [2.75, 3.05) is 4.90 Å².